The van der Waals surface area contributed by atoms with Gasteiger partial charge in [-0.3, -0.25) is 0 Å². The molecule has 0 aliphatic rings. The number of hydrogen-bond acceptors (Lipinski definition) is 3. The number of hydrogen-bond donors (Lipinski definition) is 2. The van der Waals surface area contributed by atoms with E-state index in [1.807, 2.05) is 24.3 Å². The maximum atomic E-state index is 9.95. The maximum absolute atomic E-state index is 9.95. The van der Waals surface area contributed by atoms with E-state index in [1.165, 1.54) is 0 Å². The normalized spacial score (nSPS) is 14.4. The highest BCUT2D eigenvalue weighted by molar-refractivity contribution is 5.28. The second kappa shape index (κ2) is 7.30. The molecular weight excluding hydrogens is 216 g/mol. The van der Waals surface area contributed by atoms with Crippen molar-refractivity contribution in [1.82, 2.24) is 0 Å². The Morgan fingerprint density at radius 3 is 2.35 bits per heavy atom. The van der Waals surface area contributed by atoms with Gasteiger partial charge >= 0.3 is 0 Å². The van der Waals surface area contributed by atoms with E-state index in [-0.39, 0.29) is 0 Å². The summed E-state index contributed by atoms with van der Waals surface area (Å²) in [5, 5.41) is 19.7. The minimum absolute atomic E-state index is 0.395. The summed E-state index contributed by atoms with van der Waals surface area (Å²) in [5.41, 5.74) is 0.821. The fourth-order valence-corrected chi connectivity index (χ4v) is 1.78. The molecule has 1 rings (SSSR count). The average molecular weight is 238 g/mol. The van der Waals surface area contributed by atoms with Crippen molar-refractivity contribution >= 4 is 0 Å². The summed E-state index contributed by atoms with van der Waals surface area (Å²) in [4.78, 5) is 0. The summed E-state index contributed by atoms with van der Waals surface area (Å²) in [7, 11) is 1.61. The smallest absolute Gasteiger partial charge is 0.118 e. The van der Waals surface area contributed by atoms with Crippen LogP contribution in [0.15, 0.2) is 24.3 Å². The van der Waals surface area contributed by atoms with Crippen LogP contribution >= 0.6 is 0 Å². The van der Waals surface area contributed by atoms with Gasteiger partial charge in [-0.1, -0.05) is 31.9 Å². The lowest BCUT2D eigenvalue weighted by Gasteiger charge is -2.16. The predicted octanol–water partition coefficient (Wildman–Crippen LogP) is 2.67. The Labute approximate surface area is 103 Å². The van der Waals surface area contributed by atoms with E-state index >= 15 is 0 Å². The molecule has 3 nitrogen and oxygen atoms in total. The van der Waals surface area contributed by atoms with E-state index in [0.717, 1.165) is 30.6 Å². The molecule has 96 valence electrons. The van der Waals surface area contributed by atoms with E-state index in [2.05, 4.69) is 6.92 Å². The zero-order chi connectivity index (χ0) is 12.7. The fraction of sp³-hybridized carbons (Fsp3) is 0.571. The van der Waals surface area contributed by atoms with Gasteiger partial charge in [0.2, 0.25) is 0 Å². The zero-order valence-electron chi connectivity index (χ0n) is 10.6. The largest absolute Gasteiger partial charge is 0.497 e. The Morgan fingerprint density at radius 1 is 1.18 bits per heavy atom. The Hall–Kier alpha value is -1.06. The highest BCUT2D eigenvalue weighted by Gasteiger charge is 2.13. The second-order valence-electron chi connectivity index (χ2n) is 4.32. The first-order valence-electron chi connectivity index (χ1n) is 6.17. The lowest BCUT2D eigenvalue weighted by molar-refractivity contribution is 0.0742. The summed E-state index contributed by atoms with van der Waals surface area (Å²) in [6.45, 7) is 2.09. The van der Waals surface area contributed by atoms with Gasteiger partial charge < -0.3 is 14.9 Å². The van der Waals surface area contributed by atoms with Gasteiger partial charge in [-0.05, 0) is 24.1 Å². The van der Waals surface area contributed by atoms with Crippen LogP contribution in [0.25, 0.3) is 0 Å². The van der Waals surface area contributed by atoms with E-state index in [1.54, 1.807) is 7.11 Å². The molecule has 0 aromatic heterocycles. The van der Waals surface area contributed by atoms with Gasteiger partial charge in [0.05, 0.1) is 19.3 Å². The van der Waals surface area contributed by atoms with Crippen LogP contribution in [0.5, 0.6) is 5.75 Å². The first kappa shape index (κ1) is 14.0. The van der Waals surface area contributed by atoms with E-state index in [9.17, 15) is 10.2 Å². The first-order chi connectivity index (χ1) is 8.17. The van der Waals surface area contributed by atoms with Crippen LogP contribution in [0.2, 0.25) is 0 Å². The van der Waals surface area contributed by atoms with Crippen molar-refractivity contribution in [2.45, 2.75) is 44.8 Å². The van der Waals surface area contributed by atoms with Crippen molar-refractivity contribution in [2.24, 2.45) is 0 Å². The zero-order valence-corrected chi connectivity index (χ0v) is 10.6. The maximum Gasteiger partial charge on any atom is 0.118 e. The van der Waals surface area contributed by atoms with Crippen molar-refractivity contribution in [3.8, 4) is 5.75 Å². The Balaban J connectivity index is 2.47. The highest BCUT2D eigenvalue weighted by atomic mass is 16.5. The topological polar surface area (TPSA) is 49.7 Å². The van der Waals surface area contributed by atoms with Crippen LogP contribution in [0.4, 0.5) is 0 Å². The van der Waals surface area contributed by atoms with Gasteiger partial charge in [-0.25, -0.2) is 0 Å². The van der Waals surface area contributed by atoms with Gasteiger partial charge in [0.15, 0.2) is 0 Å². The van der Waals surface area contributed by atoms with Crippen LogP contribution < -0.4 is 4.74 Å². The molecule has 2 atom stereocenters. The molecule has 0 heterocycles. The molecule has 0 aliphatic carbocycles. The number of ether oxygens (including phenoxy) is 1. The lowest BCUT2D eigenvalue weighted by Crippen LogP contribution is -2.12. The molecule has 0 unspecified atom stereocenters. The number of methoxy groups -OCH3 is 1. The standard InChI is InChI=1S/C14H22O3/c1-3-4-5-12(15)10-14(16)11-6-8-13(17-2)9-7-11/h6-9,12,14-16H,3-5,10H2,1-2H3/t12-,14-/m1/s1. The molecule has 0 saturated carbocycles. The minimum atomic E-state index is -0.604. The van der Waals surface area contributed by atoms with Gasteiger partial charge in [-0.15, -0.1) is 0 Å². The number of aliphatic hydroxyl groups excluding tert-OH is 2. The van der Waals surface area contributed by atoms with Crippen LogP contribution in [-0.4, -0.2) is 23.4 Å². The third kappa shape index (κ3) is 4.75. The van der Waals surface area contributed by atoms with Crippen molar-refractivity contribution in [3.05, 3.63) is 29.8 Å². The van der Waals surface area contributed by atoms with Gasteiger partial charge in [0.25, 0.3) is 0 Å². The van der Waals surface area contributed by atoms with Crippen molar-refractivity contribution in [1.29, 1.82) is 0 Å². The van der Waals surface area contributed by atoms with E-state index in [4.69, 9.17) is 4.74 Å². The molecule has 0 saturated heterocycles. The summed E-state index contributed by atoms with van der Waals surface area (Å²) < 4.78 is 5.05. The van der Waals surface area contributed by atoms with Crippen molar-refractivity contribution in [3.63, 3.8) is 0 Å². The third-order valence-corrected chi connectivity index (χ3v) is 2.89. The van der Waals surface area contributed by atoms with Crippen LogP contribution in [0.3, 0.4) is 0 Å². The summed E-state index contributed by atoms with van der Waals surface area (Å²) in [6.07, 6.45) is 2.18. The first-order valence-corrected chi connectivity index (χ1v) is 6.17. The van der Waals surface area contributed by atoms with Gasteiger partial charge in [0, 0.05) is 6.42 Å². The Morgan fingerprint density at radius 2 is 1.82 bits per heavy atom. The molecular formula is C14H22O3. The SMILES string of the molecule is CCCC[C@@H](O)C[C@@H](O)c1ccc(OC)cc1. The molecule has 0 fully saturated rings. The molecule has 0 spiro atoms. The Bertz CT molecular complexity index is 308. The van der Waals surface area contributed by atoms with Crippen molar-refractivity contribution < 1.29 is 14.9 Å². The van der Waals surface area contributed by atoms with E-state index in [0.29, 0.717) is 6.42 Å². The third-order valence-electron chi connectivity index (χ3n) is 2.89. The average Bonchev–Trinajstić information content (AvgIpc) is 2.36. The molecule has 1 aromatic carbocycles. The van der Waals surface area contributed by atoms with Crippen LogP contribution in [0, 0.1) is 0 Å². The molecule has 0 amide bonds. The molecule has 0 bridgehead atoms. The monoisotopic (exact) mass is 238 g/mol. The summed E-state index contributed by atoms with van der Waals surface area (Å²) in [6, 6.07) is 7.29. The van der Waals surface area contributed by atoms with Gasteiger partial charge in [0.1, 0.15) is 5.75 Å². The number of aliphatic hydroxyl groups is 2. The molecule has 1 aromatic rings. The van der Waals surface area contributed by atoms with E-state index < -0.39 is 12.2 Å². The highest BCUT2D eigenvalue weighted by Crippen LogP contribution is 2.22. The number of unbranched alkanes of at least 4 members (excludes halogenated alkanes) is 1. The minimum Gasteiger partial charge on any atom is -0.497 e. The van der Waals surface area contributed by atoms with Crippen LogP contribution in [0.1, 0.15) is 44.3 Å². The number of benzene rings is 1. The molecule has 17 heavy (non-hydrogen) atoms. The summed E-state index contributed by atoms with van der Waals surface area (Å²) in [5.74, 6) is 0.771. The van der Waals surface area contributed by atoms with Crippen LogP contribution in [-0.2, 0) is 0 Å². The quantitative estimate of drug-likeness (QED) is 0.767. The van der Waals surface area contributed by atoms with Crippen molar-refractivity contribution in [2.75, 3.05) is 7.11 Å². The fourth-order valence-electron chi connectivity index (χ4n) is 1.78. The van der Waals surface area contributed by atoms with Gasteiger partial charge in [-0.2, -0.15) is 0 Å². The Kier molecular flexibility index (Phi) is 6.01. The molecule has 0 radical (unpaired) electrons. The second-order valence-corrected chi connectivity index (χ2v) is 4.32. The molecule has 0 aliphatic heterocycles. The number of rotatable bonds is 7. The molecule has 2 N–H and O–H groups in total. The summed E-state index contributed by atoms with van der Waals surface area (Å²) >= 11 is 0. The lowest BCUT2D eigenvalue weighted by atomic mass is 10.0. The predicted molar refractivity (Wildman–Crippen MR) is 68.1 cm³/mol. The molecule has 3 heteroatoms.